The number of ketones is 1. The maximum atomic E-state index is 11.5. The van der Waals surface area contributed by atoms with Crippen LogP contribution in [-0.2, 0) is 14.3 Å². The summed E-state index contributed by atoms with van der Waals surface area (Å²) in [5, 5.41) is 2.64. The van der Waals surface area contributed by atoms with E-state index in [1.54, 1.807) is 31.2 Å². The summed E-state index contributed by atoms with van der Waals surface area (Å²) in [6.45, 7) is 5.66. The number of carbonyl (C=O) groups excluding carboxylic acids is 3. The van der Waals surface area contributed by atoms with Crippen LogP contribution in [0.5, 0.6) is 5.75 Å². The topological polar surface area (TPSA) is 81.7 Å². The van der Waals surface area contributed by atoms with Crippen LogP contribution in [0.2, 0.25) is 0 Å². The summed E-state index contributed by atoms with van der Waals surface area (Å²) in [5.74, 6) is -0.129. The minimum Gasteiger partial charge on any atom is -0.482 e. The molecule has 0 aliphatic heterocycles. The van der Waals surface area contributed by atoms with E-state index < -0.39 is 5.97 Å². The predicted molar refractivity (Wildman–Crippen MR) is 85.4 cm³/mol. The molecule has 1 aromatic carbocycles. The number of benzene rings is 1. The molecule has 0 saturated carbocycles. The second-order valence-electron chi connectivity index (χ2n) is 5.45. The number of rotatable bonds is 9. The smallest absolute Gasteiger partial charge is 0.344 e. The van der Waals surface area contributed by atoms with Crippen LogP contribution in [0.15, 0.2) is 24.3 Å². The molecule has 0 spiro atoms. The van der Waals surface area contributed by atoms with Gasteiger partial charge in [0.25, 0.3) is 5.91 Å². The molecule has 0 aliphatic rings. The molecular weight excluding hydrogens is 298 g/mol. The van der Waals surface area contributed by atoms with Crippen molar-refractivity contribution in [1.29, 1.82) is 0 Å². The van der Waals surface area contributed by atoms with E-state index in [9.17, 15) is 14.4 Å². The summed E-state index contributed by atoms with van der Waals surface area (Å²) in [7, 11) is 0. The molecule has 6 heteroatoms. The van der Waals surface area contributed by atoms with E-state index in [0.29, 0.717) is 30.2 Å². The molecule has 0 bridgehead atoms. The van der Waals surface area contributed by atoms with E-state index in [1.165, 1.54) is 0 Å². The Morgan fingerprint density at radius 3 is 2.30 bits per heavy atom. The lowest BCUT2D eigenvalue weighted by atomic mass is 10.1. The summed E-state index contributed by atoms with van der Waals surface area (Å²) >= 11 is 0. The molecule has 0 aliphatic carbocycles. The highest BCUT2D eigenvalue weighted by molar-refractivity contribution is 5.95. The van der Waals surface area contributed by atoms with Gasteiger partial charge in [-0.15, -0.1) is 0 Å². The Hall–Kier alpha value is -2.37. The zero-order valence-corrected chi connectivity index (χ0v) is 13.8. The maximum Gasteiger partial charge on any atom is 0.344 e. The van der Waals surface area contributed by atoms with Crippen LogP contribution in [0.1, 0.15) is 37.6 Å². The molecule has 1 rings (SSSR count). The van der Waals surface area contributed by atoms with Crippen molar-refractivity contribution in [2.75, 3.05) is 19.8 Å². The molecule has 0 heterocycles. The number of nitrogens with one attached hydrogen (secondary N) is 1. The summed E-state index contributed by atoms with van der Waals surface area (Å²) in [4.78, 5) is 34.4. The van der Waals surface area contributed by atoms with Gasteiger partial charge in [-0.25, -0.2) is 4.79 Å². The van der Waals surface area contributed by atoms with Gasteiger partial charge in [-0.1, -0.05) is 20.8 Å². The van der Waals surface area contributed by atoms with Gasteiger partial charge in [0.1, 0.15) is 5.75 Å². The van der Waals surface area contributed by atoms with Gasteiger partial charge >= 0.3 is 5.97 Å². The van der Waals surface area contributed by atoms with Crippen molar-refractivity contribution in [2.45, 2.75) is 27.2 Å². The minimum atomic E-state index is -0.626. The number of carbonyl (C=O) groups is 3. The average Bonchev–Trinajstić information content (AvgIpc) is 2.55. The Morgan fingerprint density at radius 1 is 1.09 bits per heavy atom. The largest absolute Gasteiger partial charge is 0.482 e. The highest BCUT2D eigenvalue weighted by Gasteiger charge is 2.09. The fourth-order valence-corrected chi connectivity index (χ4v) is 1.64. The molecule has 0 unspecified atom stereocenters. The first-order valence-electron chi connectivity index (χ1n) is 7.60. The molecule has 0 atom stereocenters. The van der Waals surface area contributed by atoms with Crippen molar-refractivity contribution in [1.82, 2.24) is 5.32 Å². The van der Waals surface area contributed by atoms with Gasteiger partial charge in [0.2, 0.25) is 0 Å². The third-order valence-corrected chi connectivity index (χ3v) is 2.93. The summed E-state index contributed by atoms with van der Waals surface area (Å²) in [5.41, 5.74) is 0.601. The minimum absolute atomic E-state index is 0.0448. The van der Waals surface area contributed by atoms with E-state index in [-0.39, 0.29) is 24.9 Å². The van der Waals surface area contributed by atoms with Crippen LogP contribution < -0.4 is 10.1 Å². The number of ether oxygens (including phenoxy) is 2. The first-order valence-corrected chi connectivity index (χ1v) is 7.60. The molecule has 6 nitrogen and oxygen atoms in total. The van der Waals surface area contributed by atoms with Gasteiger partial charge in [0, 0.05) is 18.5 Å². The monoisotopic (exact) mass is 321 g/mol. The SMILES string of the molecule is CCC(=O)c1ccc(OCC(=O)OCC(=O)NCC(C)C)cc1. The first kappa shape index (κ1) is 18.7. The molecule has 23 heavy (non-hydrogen) atoms. The molecule has 1 aromatic rings. The summed E-state index contributed by atoms with van der Waals surface area (Å²) in [6, 6.07) is 6.52. The van der Waals surface area contributed by atoms with Crippen molar-refractivity contribution in [3.8, 4) is 5.75 Å². The zero-order valence-electron chi connectivity index (χ0n) is 13.8. The van der Waals surface area contributed by atoms with Crippen molar-refractivity contribution < 1.29 is 23.9 Å². The highest BCUT2D eigenvalue weighted by Crippen LogP contribution is 2.13. The second kappa shape index (κ2) is 9.61. The molecule has 0 fully saturated rings. The van der Waals surface area contributed by atoms with Gasteiger partial charge in [-0.3, -0.25) is 9.59 Å². The molecule has 0 saturated heterocycles. The van der Waals surface area contributed by atoms with E-state index in [2.05, 4.69) is 5.32 Å². The predicted octanol–water partition coefficient (Wildman–Crippen LogP) is 1.97. The van der Waals surface area contributed by atoms with E-state index in [1.807, 2.05) is 13.8 Å². The van der Waals surface area contributed by atoms with Gasteiger partial charge in [-0.05, 0) is 30.2 Å². The number of amides is 1. The Morgan fingerprint density at radius 2 is 1.74 bits per heavy atom. The van der Waals surface area contributed by atoms with Crippen LogP contribution in [0.4, 0.5) is 0 Å². The van der Waals surface area contributed by atoms with E-state index in [0.717, 1.165) is 0 Å². The maximum absolute atomic E-state index is 11.5. The molecule has 126 valence electrons. The first-order chi connectivity index (χ1) is 10.9. The van der Waals surface area contributed by atoms with Crippen LogP contribution in [0.3, 0.4) is 0 Å². The third kappa shape index (κ3) is 7.44. The van der Waals surface area contributed by atoms with Crippen molar-refractivity contribution in [3.05, 3.63) is 29.8 Å². The number of hydrogen-bond acceptors (Lipinski definition) is 5. The van der Waals surface area contributed by atoms with Gasteiger partial charge in [-0.2, -0.15) is 0 Å². The molecule has 1 amide bonds. The van der Waals surface area contributed by atoms with E-state index in [4.69, 9.17) is 9.47 Å². The van der Waals surface area contributed by atoms with Gasteiger partial charge in [0.15, 0.2) is 19.0 Å². The lowest BCUT2D eigenvalue weighted by Gasteiger charge is -2.09. The van der Waals surface area contributed by atoms with E-state index >= 15 is 0 Å². The summed E-state index contributed by atoms with van der Waals surface area (Å²) < 4.78 is 10.1. The Balaban J connectivity index is 2.30. The number of esters is 1. The molecule has 0 aromatic heterocycles. The van der Waals surface area contributed by atoms with Crippen LogP contribution in [-0.4, -0.2) is 37.4 Å². The second-order valence-corrected chi connectivity index (χ2v) is 5.45. The standard InChI is InChI=1S/C17H23NO5/c1-4-15(19)13-5-7-14(8-6-13)22-11-17(21)23-10-16(20)18-9-12(2)3/h5-8,12H,4,9-11H2,1-3H3,(H,18,20). The van der Waals surface area contributed by atoms with Gasteiger partial charge in [0.05, 0.1) is 0 Å². The Labute approximate surface area is 136 Å². The van der Waals surface area contributed by atoms with Crippen LogP contribution in [0.25, 0.3) is 0 Å². The van der Waals surface area contributed by atoms with Crippen molar-refractivity contribution in [3.63, 3.8) is 0 Å². The Bertz CT molecular complexity index is 536. The van der Waals surface area contributed by atoms with Crippen molar-refractivity contribution in [2.24, 2.45) is 5.92 Å². The number of hydrogen-bond donors (Lipinski definition) is 1. The fourth-order valence-electron chi connectivity index (χ4n) is 1.64. The molecule has 1 N–H and O–H groups in total. The van der Waals surface area contributed by atoms with Crippen LogP contribution >= 0.6 is 0 Å². The van der Waals surface area contributed by atoms with Crippen molar-refractivity contribution >= 4 is 17.7 Å². The average molecular weight is 321 g/mol. The quantitative estimate of drug-likeness (QED) is 0.555. The normalized spacial score (nSPS) is 10.3. The summed E-state index contributed by atoms with van der Waals surface area (Å²) in [6.07, 6.45) is 0.436. The van der Waals surface area contributed by atoms with Gasteiger partial charge < -0.3 is 14.8 Å². The van der Waals surface area contributed by atoms with Crippen LogP contribution in [0, 0.1) is 5.92 Å². The Kier molecular flexibility index (Phi) is 7.80. The zero-order chi connectivity index (χ0) is 17.2. The lowest BCUT2D eigenvalue weighted by molar-refractivity contribution is -0.150. The highest BCUT2D eigenvalue weighted by atomic mass is 16.6. The fraction of sp³-hybridized carbons (Fsp3) is 0.471. The third-order valence-electron chi connectivity index (χ3n) is 2.93. The number of Topliss-reactive ketones (excluding diaryl/α,β-unsaturated/α-hetero) is 1. The molecule has 0 radical (unpaired) electrons. The molecular formula is C17H23NO5. The lowest BCUT2D eigenvalue weighted by Crippen LogP contribution is -2.32.